The molecule has 0 aliphatic heterocycles. The molecule has 1 aromatic heterocycles. The van der Waals surface area contributed by atoms with Gasteiger partial charge in [0, 0.05) is 6.54 Å². The normalized spacial score (nSPS) is 16.6. The lowest BCUT2D eigenvalue weighted by molar-refractivity contribution is 0.0931. The molecule has 23 heavy (non-hydrogen) atoms. The van der Waals surface area contributed by atoms with Crippen molar-refractivity contribution in [1.82, 2.24) is 20.3 Å². The minimum absolute atomic E-state index is 0.0517. The van der Waals surface area contributed by atoms with Crippen LogP contribution in [0.25, 0.3) is 0 Å². The highest BCUT2D eigenvalue weighted by Gasteiger charge is 2.25. The lowest BCUT2D eigenvalue weighted by atomic mass is 9.97. The van der Waals surface area contributed by atoms with Gasteiger partial charge in [-0.2, -0.15) is 0 Å². The van der Waals surface area contributed by atoms with Crippen molar-refractivity contribution in [3.8, 4) is 0 Å². The predicted octanol–water partition coefficient (Wildman–Crippen LogP) is 1.78. The summed E-state index contributed by atoms with van der Waals surface area (Å²) in [5, 5.41) is 10.9. The number of nitrogens with two attached hydrogens (primary N) is 1. The number of hydrogen-bond acceptors (Lipinski definition) is 4. The Kier molecular flexibility index (Phi) is 4.43. The van der Waals surface area contributed by atoms with E-state index in [2.05, 4.69) is 47.7 Å². The standard InChI is InChI=1S/C17H23N5O/c1-11(2)13-4-3-12-5-6-15(14(12)9-13)19-17(23)16-10-22(8-7-18)21-20-16/h3-4,9-11,15H,5-8,18H2,1-2H3,(H,19,23). The molecule has 2 aromatic rings. The van der Waals surface area contributed by atoms with E-state index in [1.165, 1.54) is 16.7 Å². The van der Waals surface area contributed by atoms with Crippen LogP contribution in [0, 0.1) is 0 Å². The Hall–Kier alpha value is -2.21. The Morgan fingerprint density at radius 2 is 2.30 bits per heavy atom. The van der Waals surface area contributed by atoms with Crippen LogP contribution in [0.1, 0.15) is 59.4 Å². The summed E-state index contributed by atoms with van der Waals surface area (Å²) in [6, 6.07) is 6.65. The molecular weight excluding hydrogens is 290 g/mol. The van der Waals surface area contributed by atoms with Crippen molar-refractivity contribution < 1.29 is 4.79 Å². The minimum Gasteiger partial charge on any atom is -0.344 e. The van der Waals surface area contributed by atoms with Crippen LogP contribution in [0.5, 0.6) is 0 Å². The SMILES string of the molecule is CC(C)c1ccc2c(c1)C(NC(=O)c1cn(CCN)nn1)CC2. The van der Waals surface area contributed by atoms with Crippen molar-refractivity contribution in [2.45, 2.75) is 45.2 Å². The fourth-order valence-corrected chi connectivity index (χ4v) is 3.01. The second-order valence-electron chi connectivity index (χ2n) is 6.33. The average molecular weight is 313 g/mol. The molecule has 1 aliphatic rings. The Morgan fingerprint density at radius 3 is 3.04 bits per heavy atom. The van der Waals surface area contributed by atoms with Crippen LogP contribution >= 0.6 is 0 Å². The number of amides is 1. The van der Waals surface area contributed by atoms with Gasteiger partial charge in [0.05, 0.1) is 18.8 Å². The predicted molar refractivity (Wildman–Crippen MR) is 88.1 cm³/mol. The number of carbonyl (C=O) groups excluding carboxylic acids is 1. The Labute approximate surface area is 136 Å². The number of fused-ring (bicyclic) bond motifs is 1. The number of rotatable bonds is 5. The van der Waals surface area contributed by atoms with Crippen molar-refractivity contribution in [3.63, 3.8) is 0 Å². The van der Waals surface area contributed by atoms with E-state index in [0.717, 1.165) is 12.8 Å². The van der Waals surface area contributed by atoms with Gasteiger partial charge < -0.3 is 11.1 Å². The van der Waals surface area contributed by atoms with Crippen LogP contribution in [0.2, 0.25) is 0 Å². The van der Waals surface area contributed by atoms with Crippen LogP contribution < -0.4 is 11.1 Å². The summed E-state index contributed by atoms with van der Waals surface area (Å²) in [6.07, 6.45) is 3.57. The Morgan fingerprint density at radius 1 is 1.48 bits per heavy atom. The molecule has 0 radical (unpaired) electrons. The van der Waals surface area contributed by atoms with Crippen molar-refractivity contribution in [3.05, 3.63) is 46.8 Å². The average Bonchev–Trinajstić information content (AvgIpc) is 3.15. The maximum Gasteiger partial charge on any atom is 0.273 e. The van der Waals surface area contributed by atoms with E-state index in [1.807, 2.05) is 0 Å². The zero-order chi connectivity index (χ0) is 16.4. The molecule has 0 spiro atoms. The highest BCUT2D eigenvalue weighted by Crippen LogP contribution is 2.33. The maximum absolute atomic E-state index is 12.4. The van der Waals surface area contributed by atoms with Gasteiger partial charge in [-0.1, -0.05) is 37.3 Å². The lowest BCUT2D eigenvalue weighted by Gasteiger charge is -2.15. The number of aryl methyl sites for hydroxylation is 1. The summed E-state index contributed by atoms with van der Waals surface area (Å²) in [5.74, 6) is 0.300. The minimum atomic E-state index is -0.180. The Bertz CT molecular complexity index is 707. The number of carbonyl (C=O) groups is 1. The second kappa shape index (κ2) is 6.50. The first-order valence-electron chi connectivity index (χ1n) is 8.12. The number of aromatic nitrogens is 3. The van der Waals surface area contributed by atoms with Crippen molar-refractivity contribution >= 4 is 5.91 Å². The summed E-state index contributed by atoms with van der Waals surface area (Å²) >= 11 is 0. The van der Waals surface area contributed by atoms with Crippen molar-refractivity contribution in [2.24, 2.45) is 5.73 Å². The zero-order valence-corrected chi connectivity index (χ0v) is 13.6. The molecule has 1 aliphatic carbocycles. The smallest absolute Gasteiger partial charge is 0.273 e. The first-order valence-corrected chi connectivity index (χ1v) is 8.12. The second-order valence-corrected chi connectivity index (χ2v) is 6.33. The quantitative estimate of drug-likeness (QED) is 0.881. The van der Waals surface area contributed by atoms with Gasteiger partial charge >= 0.3 is 0 Å². The molecule has 1 amide bonds. The van der Waals surface area contributed by atoms with Gasteiger partial charge in [-0.3, -0.25) is 9.48 Å². The van der Waals surface area contributed by atoms with E-state index in [0.29, 0.717) is 24.7 Å². The van der Waals surface area contributed by atoms with E-state index in [-0.39, 0.29) is 11.9 Å². The fourth-order valence-electron chi connectivity index (χ4n) is 3.01. The number of nitrogens with one attached hydrogen (secondary N) is 1. The molecule has 0 saturated heterocycles. The van der Waals surface area contributed by atoms with Crippen LogP contribution in [0.3, 0.4) is 0 Å². The molecule has 122 valence electrons. The number of hydrogen-bond donors (Lipinski definition) is 2. The van der Waals surface area contributed by atoms with Crippen LogP contribution in [-0.4, -0.2) is 27.4 Å². The van der Waals surface area contributed by atoms with Gasteiger partial charge in [-0.25, -0.2) is 0 Å². The molecule has 3 N–H and O–H groups in total. The van der Waals surface area contributed by atoms with Gasteiger partial charge in [0.25, 0.3) is 5.91 Å². The number of benzene rings is 1. The van der Waals surface area contributed by atoms with E-state index in [9.17, 15) is 4.79 Å². The molecule has 3 rings (SSSR count). The lowest BCUT2D eigenvalue weighted by Crippen LogP contribution is -2.27. The third-order valence-corrected chi connectivity index (χ3v) is 4.35. The highest BCUT2D eigenvalue weighted by molar-refractivity contribution is 5.92. The summed E-state index contributed by atoms with van der Waals surface area (Å²) in [7, 11) is 0. The first-order chi connectivity index (χ1) is 11.1. The largest absolute Gasteiger partial charge is 0.344 e. The monoisotopic (exact) mass is 313 g/mol. The van der Waals surface area contributed by atoms with Gasteiger partial charge in [-0.15, -0.1) is 5.10 Å². The van der Waals surface area contributed by atoms with E-state index in [1.54, 1.807) is 10.9 Å². The van der Waals surface area contributed by atoms with Gasteiger partial charge in [0.15, 0.2) is 5.69 Å². The summed E-state index contributed by atoms with van der Waals surface area (Å²) < 4.78 is 1.59. The third-order valence-electron chi connectivity index (χ3n) is 4.35. The molecule has 0 bridgehead atoms. The zero-order valence-electron chi connectivity index (χ0n) is 13.6. The van der Waals surface area contributed by atoms with Crippen LogP contribution in [0.15, 0.2) is 24.4 Å². The molecule has 1 heterocycles. The molecule has 0 fully saturated rings. The van der Waals surface area contributed by atoms with Gasteiger partial charge in [0.2, 0.25) is 0 Å². The van der Waals surface area contributed by atoms with Crippen LogP contribution in [0.4, 0.5) is 0 Å². The topological polar surface area (TPSA) is 85.8 Å². The number of nitrogens with zero attached hydrogens (tertiary/aromatic N) is 3. The van der Waals surface area contributed by atoms with Crippen LogP contribution in [-0.2, 0) is 13.0 Å². The molecule has 1 aromatic carbocycles. The van der Waals surface area contributed by atoms with Gasteiger partial charge in [0.1, 0.15) is 0 Å². The highest BCUT2D eigenvalue weighted by atomic mass is 16.2. The third kappa shape index (κ3) is 3.27. The molecule has 1 atom stereocenters. The van der Waals surface area contributed by atoms with Crippen molar-refractivity contribution in [2.75, 3.05) is 6.54 Å². The van der Waals surface area contributed by atoms with E-state index >= 15 is 0 Å². The summed E-state index contributed by atoms with van der Waals surface area (Å²) in [6.45, 7) is 5.39. The summed E-state index contributed by atoms with van der Waals surface area (Å²) in [4.78, 5) is 12.4. The molecule has 6 heteroatoms. The fraction of sp³-hybridized carbons (Fsp3) is 0.471. The Balaban J connectivity index is 1.74. The van der Waals surface area contributed by atoms with E-state index in [4.69, 9.17) is 5.73 Å². The first kappa shape index (κ1) is 15.7. The molecule has 6 nitrogen and oxygen atoms in total. The summed E-state index contributed by atoms with van der Waals surface area (Å²) in [5.41, 5.74) is 9.69. The molecule has 0 saturated carbocycles. The van der Waals surface area contributed by atoms with E-state index < -0.39 is 0 Å². The maximum atomic E-state index is 12.4. The van der Waals surface area contributed by atoms with Gasteiger partial charge in [-0.05, 0) is 35.4 Å². The molecular formula is C17H23N5O. The van der Waals surface area contributed by atoms with Crippen molar-refractivity contribution in [1.29, 1.82) is 0 Å². The molecule has 1 unspecified atom stereocenters.